The molecule has 0 spiro atoms. The van der Waals surface area contributed by atoms with E-state index in [-0.39, 0.29) is 5.91 Å². The fourth-order valence-corrected chi connectivity index (χ4v) is 5.05. The third-order valence-electron chi connectivity index (χ3n) is 4.60. The van der Waals surface area contributed by atoms with Crippen molar-refractivity contribution in [3.8, 4) is 5.75 Å². The first-order valence-corrected chi connectivity index (χ1v) is 11.3. The number of nitrogens with zero attached hydrogens (tertiary/aromatic N) is 3. The highest BCUT2D eigenvalue weighted by Crippen LogP contribution is 2.32. The van der Waals surface area contributed by atoms with Gasteiger partial charge >= 0.3 is 0 Å². The van der Waals surface area contributed by atoms with Gasteiger partial charge in [-0.1, -0.05) is 36.8 Å². The molecule has 1 amide bonds. The van der Waals surface area contributed by atoms with Crippen LogP contribution in [-0.2, 0) is 11.2 Å². The monoisotopic (exact) mass is 437 g/mol. The summed E-state index contributed by atoms with van der Waals surface area (Å²) in [6.45, 7) is 7.59. The predicted octanol–water partition coefficient (Wildman–Crippen LogP) is 4.94. The van der Waals surface area contributed by atoms with Crippen LogP contribution in [-0.4, -0.2) is 49.1 Å². The molecule has 0 aliphatic rings. The van der Waals surface area contributed by atoms with Crippen molar-refractivity contribution in [2.75, 3.05) is 38.2 Å². The number of fused-ring (bicyclic) bond motifs is 1. The summed E-state index contributed by atoms with van der Waals surface area (Å²) in [6.07, 6.45) is 0.328. The van der Waals surface area contributed by atoms with Crippen molar-refractivity contribution in [3.05, 3.63) is 39.5 Å². The zero-order valence-electron chi connectivity index (χ0n) is 16.3. The lowest BCUT2D eigenvalue weighted by Gasteiger charge is -2.24. The molecule has 150 valence electrons. The van der Waals surface area contributed by atoms with Crippen LogP contribution in [0.15, 0.2) is 30.3 Å². The molecule has 3 rings (SSSR count). The van der Waals surface area contributed by atoms with Crippen LogP contribution in [0.2, 0.25) is 4.34 Å². The largest absolute Gasteiger partial charge is 0.497 e. The normalized spacial score (nSPS) is 11.3. The van der Waals surface area contributed by atoms with Crippen molar-refractivity contribution in [2.45, 2.75) is 20.3 Å². The summed E-state index contributed by atoms with van der Waals surface area (Å²) in [5.74, 6) is 0.827. The zero-order valence-corrected chi connectivity index (χ0v) is 18.7. The van der Waals surface area contributed by atoms with Crippen LogP contribution in [0.5, 0.6) is 5.75 Å². The highest BCUT2D eigenvalue weighted by molar-refractivity contribution is 7.22. The van der Waals surface area contributed by atoms with E-state index in [4.69, 9.17) is 21.3 Å². The Morgan fingerprint density at radius 2 is 1.93 bits per heavy atom. The highest BCUT2D eigenvalue weighted by atomic mass is 35.5. The minimum Gasteiger partial charge on any atom is -0.497 e. The van der Waals surface area contributed by atoms with E-state index in [1.807, 2.05) is 35.2 Å². The van der Waals surface area contributed by atoms with Gasteiger partial charge in [0.15, 0.2) is 5.13 Å². The van der Waals surface area contributed by atoms with Crippen LogP contribution in [0.4, 0.5) is 5.13 Å². The zero-order chi connectivity index (χ0) is 20.1. The molecule has 1 aromatic carbocycles. The van der Waals surface area contributed by atoms with Crippen molar-refractivity contribution >= 4 is 55.5 Å². The second-order valence-electron chi connectivity index (χ2n) is 6.28. The molecule has 28 heavy (non-hydrogen) atoms. The number of amides is 1. The Hall–Kier alpha value is -1.67. The number of thiazole rings is 1. The van der Waals surface area contributed by atoms with Crippen molar-refractivity contribution < 1.29 is 9.53 Å². The number of thiophene rings is 1. The van der Waals surface area contributed by atoms with E-state index in [0.29, 0.717) is 17.3 Å². The molecular formula is C20H24ClN3O2S2. The van der Waals surface area contributed by atoms with Gasteiger partial charge in [-0.15, -0.1) is 11.3 Å². The average Bonchev–Trinajstić information content (AvgIpc) is 3.30. The Balaban J connectivity index is 1.87. The van der Waals surface area contributed by atoms with Gasteiger partial charge in [0, 0.05) is 18.0 Å². The van der Waals surface area contributed by atoms with E-state index in [2.05, 4.69) is 18.7 Å². The molecule has 0 aliphatic heterocycles. The molecule has 5 nitrogen and oxygen atoms in total. The van der Waals surface area contributed by atoms with Gasteiger partial charge in [-0.3, -0.25) is 9.69 Å². The van der Waals surface area contributed by atoms with Crippen LogP contribution in [0.3, 0.4) is 0 Å². The molecule has 0 fully saturated rings. The number of likely N-dealkylation sites (N-methyl/N-ethyl adjacent to an activating group) is 1. The summed E-state index contributed by atoms with van der Waals surface area (Å²) in [6, 6.07) is 9.53. The smallest absolute Gasteiger partial charge is 0.234 e. The second kappa shape index (κ2) is 9.69. The van der Waals surface area contributed by atoms with E-state index in [9.17, 15) is 4.79 Å². The van der Waals surface area contributed by atoms with Crippen LogP contribution >= 0.6 is 34.3 Å². The Morgan fingerprint density at radius 1 is 1.14 bits per heavy atom. The fourth-order valence-electron chi connectivity index (χ4n) is 2.93. The minimum atomic E-state index is 0.0386. The summed E-state index contributed by atoms with van der Waals surface area (Å²) in [4.78, 5) is 22.9. The van der Waals surface area contributed by atoms with Crippen molar-refractivity contribution in [2.24, 2.45) is 0 Å². The molecule has 0 saturated heterocycles. The lowest BCUT2D eigenvalue weighted by Crippen LogP contribution is -2.39. The predicted molar refractivity (Wildman–Crippen MR) is 119 cm³/mol. The number of rotatable bonds is 9. The Kier molecular flexibility index (Phi) is 7.29. The molecule has 0 radical (unpaired) electrons. The van der Waals surface area contributed by atoms with Gasteiger partial charge in [0.2, 0.25) is 5.91 Å². The summed E-state index contributed by atoms with van der Waals surface area (Å²) < 4.78 is 7.02. The maximum Gasteiger partial charge on any atom is 0.234 e. The first-order valence-electron chi connectivity index (χ1n) is 9.25. The third kappa shape index (κ3) is 5.03. The van der Waals surface area contributed by atoms with E-state index in [0.717, 1.165) is 45.6 Å². The van der Waals surface area contributed by atoms with Crippen molar-refractivity contribution in [1.29, 1.82) is 0 Å². The van der Waals surface area contributed by atoms with Gasteiger partial charge in [0.05, 0.1) is 28.1 Å². The SMILES string of the molecule is CCN(CC)CCN(C(=O)Cc1ccc(Cl)s1)c1nc2ccc(OC)cc2s1. The number of carbonyl (C=O) groups excluding carboxylic acids is 1. The molecule has 2 heterocycles. The van der Waals surface area contributed by atoms with Gasteiger partial charge in [0.1, 0.15) is 5.75 Å². The summed E-state index contributed by atoms with van der Waals surface area (Å²) in [5.41, 5.74) is 0.876. The number of halogens is 1. The van der Waals surface area contributed by atoms with E-state index >= 15 is 0 Å². The number of hydrogen-bond donors (Lipinski definition) is 0. The first kappa shape index (κ1) is 21.0. The van der Waals surface area contributed by atoms with Crippen LogP contribution in [0, 0.1) is 0 Å². The van der Waals surface area contributed by atoms with Gasteiger partial charge in [-0.05, 0) is 43.4 Å². The topological polar surface area (TPSA) is 45.7 Å². The second-order valence-corrected chi connectivity index (χ2v) is 9.09. The number of hydrogen-bond acceptors (Lipinski definition) is 6. The quantitative estimate of drug-likeness (QED) is 0.475. The molecule has 0 atom stereocenters. The number of carbonyl (C=O) groups is 1. The lowest BCUT2D eigenvalue weighted by atomic mass is 10.3. The maximum absolute atomic E-state index is 13.1. The molecule has 3 aromatic rings. The third-order valence-corrected chi connectivity index (χ3v) is 6.88. The Morgan fingerprint density at radius 3 is 2.57 bits per heavy atom. The highest BCUT2D eigenvalue weighted by Gasteiger charge is 2.21. The average molecular weight is 438 g/mol. The summed E-state index contributed by atoms with van der Waals surface area (Å²) >= 11 is 8.99. The molecule has 8 heteroatoms. The summed E-state index contributed by atoms with van der Waals surface area (Å²) in [5, 5.41) is 0.725. The lowest BCUT2D eigenvalue weighted by molar-refractivity contribution is -0.118. The van der Waals surface area contributed by atoms with Crippen molar-refractivity contribution in [3.63, 3.8) is 0 Å². The maximum atomic E-state index is 13.1. The number of aromatic nitrogens is 1. The van der Waals surface area contributed by atoms with Crippen LogP contribution in [0.1, 0.15) is 18.7 Å². The number of ether oxygens (including phenoxy) is 1. The van der Waals surface area contributed by atoms with E-state index < -0.39 is 0 Å². The van der Waals surface area contributed by atoms with Gasteiger partial charge < -0.3 is 9.64 Å². The number of benzene rings is 1. The Bertz CT molecular complexity index is 937. The molecule has 0 saturated carbocycles. The first-order chi connectivity index (χ1) is 13.5. The number of methoxy groups -OCH3 is 1. The van der Waals surface area contributed by atoms with Crippen LogP contribution in [0.25, 0.3) is 10.2 Å². The number of anilines is 1. The van der Waals surface area contributed by atoms with Crippen LogP contribution < -0.4 is 9.64 Å². The standard InChI is InChI=1S/C20H24ClN3O2S2/c1-4-23(5-2)10-11-24(19(25)13-15-7-9-18(21)27-15)20-22-16-8-6-14(26-3)12-17(16)28-20/h6-9,12H,4-5,10-11,13H2,1-3H3. The summed E-state index contributed by atoms with van der Waals surface area (Å²) in [7, 11) is 1.65. The van der Waals surface area contributed by atoms with Gasteiger partial charge in [-0.25, -0.2) is 4.98 Å². The van der Waals surface area contributed by atoms with Gasteiger partial charge in [-0.2, -0.15) is 0 Å². The van der Waals surface area contributed by atoms with Gasteiger partial charge in [0.25, 0.3) is 0 Å². The molecule has 0 N–H and O–H groups in total. The fraction of sp³-hybridized carbons (Fsp3) is 0.400. The van der Waals surface area contributed by atoms with Crippen molar-refractivity contribution in [1.82, 2.24) is 9.88 Å². The molecule has 0 unspecified atom stereocenters. The minimum absolute atomic E-state index is 0.0386. The molecule has 0 aliphatic carbocycles. The molecular weight excluding hydrogens is 414 g/mol. The van der Waals surface area contributed by atoms with E-state index in [1.165, 1.54) is 22.7 Å². The molecule has 2 aromatic heterocycles. The van der Waals surface area contributed by atoms with E-state index in [1.54, 1.807) is 7.11 Å². The molecule has 0 bridgehead atoms. The Labute approximate surface area is 178 Å².